The summed E-state index contributed by atoms with van der Waals surface area (Å²) in [4.78, 5) is 25.0. The van der Waals surface area contributed by atoms with E-state index in [1.165, 1.54) is 18.9 Å². The van der Waals surface area contributed by atoms with Gasteiger partial charge in [0.05, 0.1) is 12.5 Å². The van der Waals surface area contributed by atoms with Gasteiger partial charge < -0.3 is 4.98 Å². The molecule has 2 aromatic rings. The third-order valence-corrected chi connectivity index (χ3v) is 1.30. The molecular weight excluding hydrogens is 144 g/mol. The van der Waals surface area contributed by atoms with E-state index in [0.717, 1.165) is 0 Å². The molecule has 0 saturated carbocycles. The van der Waals surface area contributed by atoms with Crippen LogP contribution in [0.2, 0.25) is 0 Å². The second-order valence-electron chi connectivity index (χ2n) is 1.99. The van der Waals surface area contributed by atoms with Crippen molar-refractivity contribution in [1.82, 2.24) is 19.9 Å². The molecule has 5 heteroatoms. The molecule has 0 radical (unpaired) electrons. The van der Waals surface area contributed by atoms with Gasteiger partial charge in [-0.1, -0.05) is 0 Å². The molecular formula is C6H4N4O. The third-order valence-electron chi connectivity index (χ3n) is 1.30. The lowest BCUT2D eigenvalue weighted by Gasteiger charge is -1.70. The first-order valence-electron chi connectivity index (χ1n) is 3.01. The predicted octanol–water partition coefficient (Wildman–Crippen LogP) is -0.287. The number of rotatable bonds is 0. The van der Waals surface area contributed by atoms with E-state index >= 15 is 0 Å². The fourth-order valence-electron chi connectivity index (χ4n) is 0.820. The number of nitrogens with one attached hydrogen (secondary N) is 1. The molecule has 0 aromatic carbocycles. The highest BCUT2D eigenvalue weighted by atomic mass is 16.1. The molecule has 0 aliphatic carbocycles. The Kier molecular flexibility index (Phi) is 1.15. The molecule has 0 bridgehead atoms. The summed E-state index contributed by atoms with van der Waals surface area (Å²) < 4.78 is 0. The molecule has 0 aliphatic rings. The number of H-pyrrole nitrogens is 1. The molecule has 0 fully saturated rings. The van der Waals surface area contributed by atoms with E-state index < -0.39 is 0 Å². The lowest BCUT2D eigenvalue weighted by molar-refractivity contribution is 1.21. The lowest BCUT2D eigenvalue weighted by Crippen LogP contribution is -1.95. The molecule has 54 valence electrons. The second kappa shape index (κ2) is 2.12. The van der Waals surface area contributed by atoms with E-state index in [0.29, 0.717) is 11.2 Å². The fraction of sp³-hybridized carbons (Fsp3) is 0. The molecule has 0 spiro atoms. The van der Waals surface area contributed by atoms with Crippen LogP contribution in [0.3, 0.4) is 0 Å². The van der Waals surface area contributed by atoms with Gasteiger partial charge >= 0.3 is 0 Å². The molecule has 2 rings (SSSR count). The van der Waals surface area contributed by atoms with Gasteiger partial charge in [0.1, 0.15) is 11.8 Å². The van der Waals surface area contributed by atoms with E-state index in [2.05, 4.69) is 19.9 Å². The van der Waals surface area contributed by atoms with E-state index in [-0.39, 0.29) is 5.43 Å². The Labute approximate surface area is 61.2 Å². The molecule has 0 unspecified atom stereocenters. The molecule has 2 heterocycles. The van der Waals surface area contributed by atoms with Crippen molar-refractivity contribution in [3.63, 3.8) is 0 Å². The van der Waals surface area contributed by atoms with Crippen molar-refractivity contribution in [2.45, 2.75) is 0 Å². The van der Waals surface area contributed by atoms with Crippen LogP contribution in [-0.4, -0.2) is 19.9 Å². The summed E-state index contributed by atoms with van der Waals surface area (Å²) in [6.07, 6.45) is 3.93. The predicted molar refractivity (Wildman–Crippen MR) is 38.0 cm³/mol. The highest BCUT2D eigenvalue weighted by molar-refractivity contribution is 5.67. The zero-order valence-electron chi connectivity index (χ0n) is 5.48. The molecule has 11 heavy (non-hydrogen) atoms. The van der Waals surface area contributed by atoms with Gasteiger partial charge in [-0.05, 0) is 0 Å². The minimum Gasteiger partial charge on any atom is -0.340 e. The summed E-state index contributed by atoms with van der Waals surface area (Å²) in [6.45, 7) is 0. The van der Waals surface area contributed by atoms with Crippen LogP contribution < -0.4 is 5.43 Å². The molecule has 2 aromatic heterocycles. The van der Waals surface area contributed by atoms with Crippen LogP contribution in [0.5, 0.6) is 0 Å². The van der Waals surface area contributed by atoms with Gasteiger partial charge in [-0.2, -0.15) is 0 Å². The summed E-state index contributed by atoms with van der Waals surface area (Å²) >= 11 is 0. The molecule has 5 nitrogen and oxygen atoms in total. The highest BCUT2D eigenvalue weighted by Crippen LogP contribution is 1.93. The van der Waals surface area contributed by atoms with Crippen LogP contribution in [0.1, 0.15) is 0 Å². The number of nitrogens with zero attached hydrogens (tertiary/aromatic N) is 3. The summed E-state index contributed by atoms with van der Waals surface area (Å²) in [5, 5.41) is 0. The van der Waals surface area contributed by atoms with Gasteiger partial charge in [0, 0.05) is 0 Å². The summed E-state index contributed by atoms with van der Waals surface area (Å²) in [5.41, 5.74) is 0.588. The van der Waals surface area contributed by atoms with Crippen LogP contribution in [0.15, 0.2) is 23.6 Å². The largest absolute Gasteiger partial charge is 0.340 e. The first-order chi connectivity index (χ1) is 5.38. The highest BCUT2D eigenvalue weighted by Gasteiger charge is 1.96. The van der Waals surface area contributed by atoms with Crippen LogP contribution in [0, 0.1) is 0 Å². The number of imidazole rings is 1. The Hall–Kier alpha value is -1.78. The third kappa shape index (κ3) is 0.861. The maximum atomic E-state index is 11.1. The maximum Gasteiger partial charge on any atom is 0.224 e. The van der Waals surface area contributed by atoms with Crippen molar-refractivity contribution in [3.8, 4) is 0 Å². The maximum absolute atomic E-state index is 11.1. The van der Waals surface area contributed by atoms with Crippen LogP contribution in [-0.2, 0) is 0 Å². The van der Waals surface area contributed by atoms with Gasteiger partial charge in [-0.15, -0.1) is 0 Å². The topological polar surface area (TPSA) is 71.5 Å². The Bertz CT molecular complexity index is 436. The monoisotopic (exact) mass is 148 g/mol. The van der Waals surface area contributed by atoms with Crippen LogP contribution >= 0.6 is 0 Å². The summed E-state index contributed by atoms with van der Waals surface area (Å²) in [7, 11) is 0. The number of aromatic nitrogens is 4. The number of fused-ring (bicyclic) bond motifs is 1. The SMILES string of the molecule is O=c1cncnc2nc[nH]c12. The van der Waals surface area contributed by atoms with Gasteiger partial charge in [-0.25, -0.2) is 15.0 Å². The second-order valence-corrected chi connectivity index (χ2v) is 1.99. The zero-order valence-corrected chi connectivity index (χ0v) is 5.48. The van der Waals surface area contributed by atoms with Crippen molar-refractivity contribution in [1.29, 1.82) is 0 Å². The fourth-order valence-corrected chi connectivity index (χ4v) is 0.820. The smallest absolute Gasteiger partial charge is 0.224 e. The van der Waals surface area contributed by atoms with E-state index in [1.54, 1.807) is 0 Å². The summed E-state index contributed by atoms with van der Waals surface area (Å²) in [6, 6.07) is 0. The average molecular weight is 148 g/mol. The minimum absolute atomic E-state index is 0.199. The number of hydrogen-bond acceptors (Lipinski definition) is 4. The molecule has 0 atom stereocenters. The molecule has 0 saturated heterocycles. The normalized spacial score (nSPS) is 10.2. The summed E-state index contributed by atoms with van der Waals surface area (Å²) in [5.74, 6) is 0. The standard InChI is InChI=1S/C6H4N4O/c11-4-1-7-2-9-6-5(4)8-3-10-6/h1-3H,(H,8,10). The molecule has 1 N–H and O–H groups in total. The van der Waals surface area contributed by atoms with E-state index in [1.807, 2.05) is 0 Å². The van der Waals surface area contributed by atoms with Crippen molar-refractivity contribution < 1.29 is 0 Å². The van der Waals surface area contributed by atoms with Gasteiger partial charge in [0.2, 0.25) is 5.43 Å². The van der Waals surface area contributed by atoms with E-state index in [4.69, 9.17) is 0 Å². The van der Waals surface area contributed by atoms with Gasteiger partial charge in [0.25, 0.3) is 0 Å². The van der Waals surface area contributed by atoms with Crippen molar-refractivity contribution in [3.05, 3.63) is 29.1 Å². The first-order valence-corrected chi connectivity index (χ1v) is 3.01. The van der Waals surface area contributed by atoms with Crippen molar-refractivity contribution in [2.75, 3.05) is 0 Å². The Morgan fingerprint density at radius 3 is 3.18 bits per heavy atom. The number of aromatic amines is 1. The Morgan fingerprint density at radius 1 is 1.36 bits per heavy atom. The zero-order chi connectivity index (χ0) is 7.68. The van der Waals surface area contributed by atoms with E-state index in [9.17, 15) is 4.79 Å². The minimum atomic E-state index is -0.199. The number of hydrogen-bond donors (Lipinski definition) is 1. The van der Waals surface area contributed by atoms with Crippen LogP contribution in [0.25, 0.3) is 11.2 Å². The Balaban J connectivity index is 3.09. The lowest BCUT2D eigenvalue weighted by atomic mass is 10.5. The Morgan fingerprint density at radius 2 is 2.27 bits per heavy atom. The first kappa shape index (κ1) is 5.96. The molecule has 0 amide bonds. The van der Waals surface area contributed by atoms with Crippen molar-refractivity contribution in [2.24, 2.45) is 0 Å². The van der Waals surface area contributed by atoms with Crippen molar-refractivity contribution >= 4 is 11.2 Å². The molecule has 0 aliphatic heterocycles. The van der Waals surface area contributed by atoms with Gasteiger partial charge in [0.15, 0.2) is 5.65 Å². The quantitative estimate of drug-likeness (QED) is 0.557. The van der Waals surface area contributed by atoms with Crippen LogP contribution in [0.4, 0.5) is 0 Å². The average Bonchev–Trinajstić information content (AvgIpc) is 2.40. The van der Waals surface area contributed by atoms with Gasteiger partial charge in [-0.3, -0.25) is 4.79 Å².